The maximum atomic E-state index is 4.51. The van der Waals surface area contributed by atoms with Crippen LogP contribution in [0.3, 0.4) is 0 Å². The molecule has 0 aliphatic carbocycles. The molecule has 0 saturated heterocycles. The molecule has 0 amide bonds. The summed E-state index contributed by atoms with van der Waals surface area (Å²) in [6.07, 6.45) is 7.36. The number of unbranched alkanes of at least 4 members (excludes halogenated alkanes) is 1. The fourth-order valence-corrected chi connectivity index (χ4v) is 1.70. The topological polar surface area (TPSA) is 12.0 Å². The number of allylic oxidation sites excluding steroid dienone is 3. The first kappa shape index (κ1) is 13.4. The lowest BCUT2D eigenvalue weighted by molar-refractivity contribution is 0.795. The maximum absolute atomic E-state index is 4.51. The molecule has 0 aromatic heterocycles. The molecule has 0 atom stereocenters. The number of thiol groups is 1. The van der Waals surface area contributed by atoms with E-state index in [9.17, 15) is 0 Å². The van der Waals surface area contributed by atoms with E-state index >= 15 is 0 Å². The van der Waals surface area contributed by atoms with Crippen molar-refractivity contribution in [1.29, 1.82) is 0 Å². The van der Waals surface area contributed by atoms with Gasteiger partial charge < -0.3 is 5.32 Å². The summed E-state index contributed by atoms with van der Waals surface area (Å²) in [5.74, 6) is 0. The van der Waals surface area contributed by atoms with Crippen molar-refractivity contribution in [2.75, 3.05) is 7.05 Å². The smallest absolute Gasteiger partial charge is 0.0432 e. The summed E-state index contributed by atoms with van der Waals surface area (Å²) in [6.45, 7) is 8.01. The lowest BCUT2D eigenvalue weighted by atomic mass is 10.1. The Morgan fingerprint density at radius 1 is 1.50 bits per heavy atom. The van der Waals surface area contributed by atoms with Crippen molar-refractivity contribution in [1.82, 2.24) is 5.32 Å². The second kappa shape index (κ2) is 7.74. The third kappa shape index (κ3) is 4.05. The van der Waals surface area contributed by atoms with Gasteiger partial charge in [0.15, 0.2) is 0 Å². The average molecular weight is 211 g/mol. The largest absolute Gasteiger partial charge is 0.387 e. The molecule has 0 radical (unpaired) electrons. The van der Waals surface area contributed by atoms with E-state index in [0.717, 1.165) is 17.0 Å². The highest BCUT2D eigenvalue weighted by Gasteiger charge is 2.03. The monoisotopic (exact) mass is 211 g/mol. The molecule has 0 rings (SSSR count). The van der Waals surface area contributed by atoms with Gasteiger partial charge in [-0.15, -0.1) is 12.6 Å². The van der Waals surface area contributed by atoms with Crippen LogP contribution in [0.5, 0.6) is 0 Å². The standard InChI is InChI=1S/C12H21NS/c1-5-8-9-10(6-2)12(14)11(7-3)13-4/h6-7,13-14H,2,5,8-9H2,1,3-4H3/b11-7-,12-10+. The van der Waals surface area contributed by atoms with Crippen molar-refractivity contribution < 1.29 is 0 Å². The minimum absolute atomic E-state index is 1.01. The predicted octanol–water partition coefficient (Wildman–Crippen LogP) is 3.67. The van der Waals surface area contributed by atoms with E-state index in [1.807, 2.05) is 26.1 Å². The quantitative estimate of drug-likeness (QED) is 0.504. The second-order valence-corrected chi connectivity index (χ2v) is 3.58. The van der Waals surface area contributed by atoms with Gasteiger partial charge in [-0.2, -0.15) is 0 Å². The molecule has 0 spiro atoms. The highest BCUT2D eigenvalue weighted by atomic mass is 32.1. The van der Waals surface area contributed by atoms with Crippen molar-refractivity contribution in [2.45, 2.75) is 33.1 Å². The van der Waals surface area contributed by atoms with Gasteiger partial charge in [-0.1, -0.05) is 32.1 Å². The first-order chi connectivity index (χ1) is 6.71. The zero-order valence-corrected chi connectivity index (χ0v) is 10.3. The summed E-state index contributed by atoms with van der Waals surface area (Å²) in [4.78, 5) is 1.01. The van der Waals surface area contributed by atoms with E-state index in [4.69, 9.17) is 0 Å². The molecule has 1 N–H and O–H groups in total. The molecule has 0 aliphatic rings. The Labute approximate surface area is 93.4 Å². The molecule has 0 aromatic rings. The van der Waals surface area contributed by atoms with Gasteiger partial charge in [-0.3, -0.25) is 0 Å². The number of likely N-dealkylation sites (N-methyl/N-ethyl adjacent to an activating group) is 1. The molecule has 0 saturated carbocycles. The Morgan fingerprint density at radius 3 is 2.50 bits per heavy atom. The third-order valence-corrected chi connectivity index (χ3v) is 2.69. The summed E-state index contributed by atoms with van der Waals surface area (Å²) in [5, 5.41) is 3.12. The van der Waals surface area contributed by atoms with Crippen LogP contribution in [0.1, 0.15) is 33.1 Å². The number of nitrogens with one attached hydrogen (secondary N) is 1. The minimum atomic E-state index is 1.01. The molecular formula is C12H21NS. The Bertz CT molecular complexity index is 239. The number of hydrogen-bond donors (Lipinski definition) is 2. The third-order valence-electron chi connectivity index (χ3n) is 2.16. The van der Waals surface area contributed by atoms with Gasteiger partial charge in [0.05, 0.1) is 0 Å². The second-order valence-electron chi connectivity index (χ2n) is 3.13. The van der Waals surface area contributed by atoms with Crippen LogP contribution in [0.4, 0.5) is 0 Å². The van der Waals surface area contributed by atoms with Crippen LogP contribution in [0.25, 0.3) is 0 Å². The molecular weight excluding hydrogens is 190 g/mol. The molecule has 0 aliphatic heterocycles. The van der Waals surface area contributed by atoms with Crippen LogP contribution in [-0.4, -0.2) is 7.05 Å². The lowest BCUT2D eigenvalue weighted by Gasteiger charge is -2.10. The molecule has 0 heterocycles. The SMILES string of the molecule is C=C/C(CCCC)=C(S)/C(=C/C)NC. The van der Waals surface area contributed by atoms with Crippen molar-refractivity contribution >= 4 is 12.6 Å². The van der Waals surface area contributed by atoms with E-state index in [1.165, 1.54) is 18.4 Å². The van der Waals surface area contributed by atoms with Crippen molar-refractivity contribution in [3.8, 4) is 0 Å². The van der Waals surface area contributed by atoms with Gasteiger partial charge in [0.2, 0.25) is 0 Å². The van der Waals surface area contributed by atoms with Gasteiger partial charge in [0, 0.05) is 17.6 Å². The summed E-state index contributed by atoms with van der Waals surface area (Å²) in [5.41, 5.74) is 2.29. The normalized spacial score (nSPS) is 13.6. The zero-order chi connectivity index (χ0) is 11.0. The Hall–Kier alpha value is -0.630. The molecule has 0 unspecified atom stereocenters. The first-order valence-electron chi connectivity index (χ1n) is 5.10. The summed E-state index contributed by atoms with van der Waals surface area (Å²) < 4.78 is 0. The lowest BCUT2D eigenvalue weighted by Crippen LogP contribution is -2.06. The summed E-state index contributed by atoms with van der Waals surface area (Å²) in [6, 6.07) is 0. The van der Waals surface area contributed by atoms with Crippen LogP contribution in [0.2, 0.25) is 0 Å². The van der Waals surface area contributed by atoms with E-state index in [-0.39, 0.29) is 0 Å². The van der Waals surface area contributed by atoms with Gasteiger partial charge in [-0.25, -0.2) is 0 Å². The molecule has 14 heavy (non-hydrogen) atoms. The first-order valence-corrected chi connectivity index (χ1v) is 5.54. The molecule has 1 nitrogen and oxygen atoms in total. The van der Waals surface area contributed by atoms with Gasteiger partial charge in [0.1, 0.15) is 0 Å². The van der Waals surface area contributed by atoms with Crippen LogP contribution in [0, 0.1) is 0 Å². The van der Waals surface area contributed by atoms with Crippen LogP contribution >= 0.6 is 12.6 Å². The van der Waals surface area contributed by atoms with Crippen LogP contribution in [-0.2, 0) is 0 Å². The van der Waals surface area contributed by atoms with E-state index in [1.54, 1.807) is 0 Å². The van der Waals surface area contributed by atoms with Crippen molar-refractivity contribution in [3.63, 3.8) is 0 Å². The Morgan fingerprint density at radius 2 is 2.14 bits per heavy atom. The fraction of sp³-hybridized carbons (Fsp3) is 0.500. The number of rotatable bonds is 6. The van der Waals surface area contributed by atoms with Crippen LogP contribution in [0.15, 0.2) is 34.9 Å². The van der Waals surface area contributed by atoms with Gasteiger partial charge >= 0.3 is 0 Å². The van der Waals surface area contributed by atoms with E-state index in [0.29, 0.717) is 0 Å². The zero-order valence-electron chi connectivity index (χ0n) is 9.43. The van der Waals surface area contributed by atoms with Crippen molar-refractivity contribution in [2.24, 2.45) is 0 Å². The minimum Gasteiger partial charge on any atom is -0.387 e. The molecule has 0 aromatic carbocycles. The molecule has 2 heteroatoms. The molecule has 0 fully saturated rings. The highest BCUT2D eigenvalue weighted by molar-refractivity contribution is 7.84. The van der Waals surface area contributed by atoms with Gasteiger partial charge in [0.25, 0.3) is 0 Å². The molecule has 0 bridgehead atoms. The summed E-state index contributed by atoms with van der Waals surface area (Å²) in [7, 11) is 1.91. The summed E-state index contributed by atoms with van der Waals surface area (Å²) >= 11 is 4.51. The highest BCUT2D eigenvalue weighted by Crippen LogP contribution is 2.21. The van der Waals surface area contributed by atoms with Gasteiger partial charge in [-0.05, 0) is 25.3 Å². The number of hydrogen-bond acceptors (Lipinski definition) is 2. The van der Waals surface area contributed by atoms with E-state index < -0.39 is 0 Å². The Balaban J connectivity index is 4.72. The van der Waals surface area contributed by atoms with Crippen LogP contribution < -0.4 is 5.32 Å². The predicted molar refractivity (Wildman–Crippen MR) is 68.6 cm³/mol. The maximum Gasteiger partial charge on any atom is 0.0432 e. The average Bonchev–Trinajstić information content (AvgIpc) is 2.21. The van der Waals surface area contributed by atoms with E-state index in [2.05, 4.69) is 31.4 Å². The fourth-order valence-electron chi connectivity index (χ4n) is 1.26. The molecule has 80 valence electrons. The van der Waals surface area contributed by atoms with Crippen molar-refractivity contribution in [3.05, 3.63) is 34.9 Å². The Kier molecular flexibility index (Phi) is 7.40.